The highest BCUT2D eigenvalue weighted by atomic mass is 32.1. The van der Waals surface area contributed by atoms with Crippen molar-refractivity contribution in [1.29, 1.82) is 0 Å². The number of nitrogens with zero attached hydrogens (tertiary/aromatic N) is 2. The van der Waals surface area contributed by atoms with Crippen LogP contribution in [0.15, 0.2) is 0 Å². The van der Waals surface area contributed by atoms with Gasteiger partial charge in [0, 0.05) is 0 Å². The quantitative estimate of drug-likeness (QED) is 0.621. The molecule has 1 aliphatic carbocycles. The highest BCUT2D eigenvalue weighted by molar-refractivity contribution is 7.05. The fraction of sp³-hybridized carbons (Fsp3) is 0.857. The molecule has 0 bridgehead atoms. The van der Waals surface area contributed by atoms with E-state index in [0.29, 0.717) is 5.92 Å². The number of nitrogens with two attached hydrogens (primary N) is 1. The van der Waals surface area contributed by atoms with Crippen molar-refractivity contribution in [3.8, 4) is 0 Å². The fourth-order valence-electron chi connectivity index (χ4n) is 3.44. The van der Waals surface area contributed by atoms with E-state index in [9.17, 15) is 0 Å². The Kier molecular flexibility index (Phi) is 5.73. The summed E-state index contributed by atoms with van der Waals surface area (Å²) >= 11 is 1.52. The van der Waals surface area contributed by atoms with Crippen molar-refractivity contribution in [3.05, 3.63) is 10.6 Å². The number of hydrazine groups is 1. The summed E-state index contributed by atoms with van der Waals surface area (Å²) in [4.78, 5) is 1.27. The maximum absolute atomic E-state index is 5.88. The Balaban J connectivity index is 2.19. The summed E-state index contributed by atoms with van der Waals surface area (Å²) in [6.45, 7) is 4.48. The molecule has 1 aromatic rings. The van der Waals surface area contributed by atoms with Gasteiger partial charge >= 0.3 is 0 Å². The molecule has 1 aliphatic rings. The van der Waals surface area contributed by atoms with Crippen LogP contribution in [0.4, 0.5) is 0 Å². The molecule has 3 atom stereocenters. The van der Waals surface area contributed by atoms with Gasteiger partial charge in [-0.3, -0.25) is 11.3 Å². The predicted molar refractivity (Wildman–Crippen MR) is 79.7 cm³/mol. The lowest BCUT2D eigenvalue weighted by molar-refractivity contribution is 0.177. The van der Waals surface area contributed by atoms with Crippen LogP contribution in [0.2, 0.25) is 0 Å². The monoisotopic (exact) mass is 282 g/mol. The first kappa shape index (κ1) is 14.9. The molecule has 0 aromatic carbocycles. The lowest BCUT2D eigenvalue weighted by Gasteiger charge is -2.36. The highest BCUT2D eigenvalue weighted by Gasteiger charge is 2.33. The van der Waals surface area contributed by atoms with Crippen molar-refractivity contribution in [2.75, 3.05) is 0 Å². The minimum Gasteiger partial charge on any atom is -0.271 e. The summed E-state index contributed by atoms with van der Waals surface area (Å²) in [6.07, 6.45) is 8.68. The molecule has 3 unspecified atom stereocenters. The van der Waals surface area contributed by atoms with Gasteiger partial charge in [0.05, 0.1) is 16.6 Å². The first-order valence-electron chi connectivity index (χ1n) is 7.59. The minimum atomic E-state index is 0.242. The Morgan fingerprint density at radius 3 is 2.84 bits per heavy atom. The smallest absolute Gasteiger partial charge is 0.0804 e. The Bertz CT molecular complexity index is 379. The molecule has 19 heavy (non-hydrogen) atoms. The standard InChI is InChI=1S/C14H26N4S/c1-3-7-12-14(19-18-17-12)13(16-15)11-9-6-5-8-10(11)4-2/h10-11,13,16H,3-9,15H2,1-2H3. The van der Waals surface area contributed by atoms with Gasteiger partial charge in [0.2, 0.25) is 0 Å². The van der Waals surface area contributed by atoms with Gasteiger partial charge in [0.15, 0.2) is 0 Å². The third-order valence-electron chi connectivity index (χ3n) is 4.45. The van der Waals surface area contributed by atoms with Crippen molar-refractivity contribution < 1.29 is 0 Å². The zero-order valence-corrected chi connectivity index (χ0v) is 12.9. The number of hydrogen-bond acceptors (Lipinski definition) is 5. The second-order valence-electron chi connectivity index (χ2n) is 5.59. The van der Waals surface area contributed by atoms with E-state index < -0.39 is 0 Å². The average molecular weight is 282 g/mol. The van der Waals surface area contributed by atoms with Gasteiger partial charge in [-0.05, 0) is 36.2 Å². The molecule has 0 spiro atoms. The number of hydrogen-bond donors (Lipinski definition) is 2. The lowest BCUT2D eigenvalue weighted by Crippen LogP contribution is -2.38. The van der Waals surface area contributed by atoms with E-state index in [4.69, 9.17) is 5.84 Å². The minimum absolute atomic E-state index is 0.242. The number of rotatable bonds is 6. The van der Waals surface area contributed by atoms with E-state index in [1.54, 1.807) is 0 Å². The zero-order valence-electron chi connectivity index (χ0n) is 12.1. The third kappa shape index (κ3) is 3.33. The van der Waals surface area contributed by atoms with Crippen LogP contribution in [0.3, 0.4) is 0 Å². The van der Waals surface area contributed by atoms with E-state index in [2.05, 4.69) is 28.9 Å². The van der Waals surface area contributed by atoms with Gasteiger partial charge in [0.1, 0.15) is 0 Å². The van der Waals surface area contributed by atoms with Gasteiger partial charge < -0.3 is 0 Å². The average Bonchev–Trinajstić information content (AvgIpc) is 2.89. The van der Waals surface area contributed by atoms with Gasteiger partial charge in [-0.1, -0.05) is 50.4 Å². The summed E-state index contributed by atoms with van der Waals surface area (Å²) in [5.74, 6) is 7.30. The maximum Gasteiger partial charge on any atom is 0.0804 e. The van der Waals surface area contributed by atoms with Crippen molar-refractivity contribution in [2.24, 2.45) is 17.7 Å². The summed E-state index contributed by atoms with van der Waals surface area (Å²) in [7, 11) is 0. The molecule has 1 fully saturated rings. The summed E-state index contributed by atoms with van der Waals surface area (Å²) in [6, 6.07) is 0.242. The Labute approximate surface area is 120 Å². The maximum atomic E-state index is 5.88. The van der Waals surface area contributed by atoms with Crippen LogP contribution in [-0.4, -0.2) is 9.59 Å². The Hall–Kier alpha value is -0.520. The van der Waals surface area contributed by atoms with E-state index in [0.717, 1.165) is 24.5 Å². The van der Waals surface area contributed by atoms with Crippen molar-refractivity contribution in [2.45, 2.75) is 64.8 Å². The summed E-state index contributed by atoms with van der Waals surface area (Å²) < 4.78 is 4.15. The van der Waals surface area contributed by atoms with Crippen LogP contribution in [-0.2, 0) is 6.42 Å². The molecular weight excluding hydrogens is 256 g/mol. The molecular formula is C14H26N4S. The molecule has 1 saturated carbocycles. The van der Waals surface area contributed by atoms with E-state index in [1.165, 1.54) is 48.5 Å². The molecule has 0 aliphatic heterocycles. The van der Waals surface area contributed by atoms with Crippen LogP contribution in [0.25, 0.3) is 0 Å². The first-order valence-corrected chi connectivity index (χ1v) is 8.36. The van der Waals surface area contributed by atoms with Crippen LogP contribution in [0.1, 0.15) is 69.0 Å². The predicted octanol–water partition coefficient (Wildman–Crippen LogP) is 3.21. The van der Waals surface area contributed by atoms with Gasteiger partial charge in [-0.25, -0.2) is 0 Å². The van der Waals surface area contributed by atoms with Crippen molar-refractivity contribution in [1.82, 2.24) is 15.0 Å². The molecule has 0 amide bonds. The number of aromatic nitrogens is 2. The van der Waals surface area contributed by atoms with E-state index in [-0.39, 0.29) is 6.04 Å². The first-order chi connectivity index (χ1) is 9.31. The number of aryl methyl sites for hydroxylation is 1. The SMILES string of the molecule is CCCc1nnsc1C(NN)C1CCCCC1CC. The number of nitrogens with one attached hydrogen (secondary N) is 1. The fourth-order valence-corrected chi connectivity index (χ4v) is 4.27. The van der Waals surface area contributed by atoms with Gasteiger partial charge in [-0.2, -0.15) is 0 Å². The summed E-state index contributed by atoms with van der Waals surface area (Å²) in [5, 5.41) is 4.29. The van der Waals surface area contributed by atoms with Crippen LogP contribution >= 0.6 is 11.5 Å². The Morgan fingerprint density at radius 1 is 1.37 bits per heavy atom. The lowest BCUT2D eigenvalue weighted by atomic mass is 9.73. The van der Waals surface area contributed by atoms with Gasteiger partial charge in [0.25, 0.3) is 0 Å². The van der Waals surface area contributed by atoms with Crippen molar-refractivity contribution >= 4 is 11.5 Å². The normalized spacial score (nSPS) is 25.4. The second-order valence-corrected chi connectivity index (χ2v) is 6.38. The summed E-state index contributed by atoms with van der Waals surface area (Å²) in [5.41, 5.74) is 4.22. The highest BCUT2D eigenvalue weighted by Crippen LogP contribution is 2.41. The topological polar surface area (TPSA) is 63.8 Å². The molecule has 2 rings (SSSR count). The molecule has 3 N–H and O–H groups in total. The third-order valence-corrected chi connectivity index (χ3v) is 5.30. The zero-order chi connectivity index (χ0) is 13.7. The van der Waals surface area contributed by atoms with E-state index >= 15 is 0 Å². The van der Waals surface area contributed by atoms with E-state index in [1.807, 2.05) is 0 Å². The molecule has 0 radical (unpaired) electrons. The largest absolute Gasteiger partial charge is 0.271 e. The molecule has 5 heteroatoms. The molecule has 1 heterocycles. The van der Waals surface area contributed by atoms with Gasteiger partial charge in [-0.15, -0.1) is 5.10 Å². The molecule has 108 valence electrons. The molecule has 4 nitrogen and oxygen atoms in total. The van der Waals surface area contributed by atoms with Crippen LogP contribution in [0, 0.1) is 11.8 Å². The molecule has 0 saturated heterocycles. The van der Waals surface area contributed by atoms with Crippen LogP contribution < -0.4 is 11.3 Å². The van der Waals surface area contributed by atoms with Crippen molar-refractivity contribution in [3.63, 3.8) is 0 Å². The molecule has 1 aromatic heterocycles. The second kappa shape index (κ2) is 7.31. The Morgan fingerprint density at radius 2 is 2.16 bits per heavy atom. The van der Waals surface area contributed by atoms with Crippen LogP contribution in [0.5, 0.6) is 0 Å².